The van der Waals surface area contributed by atoms with E-state index >= 15 is 0 Å². The summed E-state index contributed by atoms with van der Waals surface area (Å²) in [7, 11) is 0. The lowest BCUT2D eigenvalue weighted by Gasteiger charge is -2.40. The molecule has 1 aromatic rings. The number of urea groups is 1. The number of hydrogen-bond acceptors (Lipinski definition) is 3. The van der Waals surface area contributed by atoms with Gasteiger partial charge in [-0.1, -0.05) is 6.92 Å². The molecule has 6 nitrogen and oxygen atoms in total. The minimum Gasteiger partial charge on any atom is -0.396 e. The molecule has 1 aliphatic rings. The smallest absolute Gasteiger partial charge is 0.321 e. The molecule has 0 atom stereocenters. The second-order valence-electron chi connectivity index (χ2n) is 7.27. The minimum atomic E-state index is -0.101. The molecule has 0 bridgehead atoms. The highest BCUT2D eigenvalue weighted by Crippen LogP contribution is 2.34. The highest BCUT2D eigenvalue weighted by atomic mass is 16.3. The van der Waals surface area contributed by atoms with Crippen LogP contribution in [-0.2, 0) is 5.54 Å². The van der Waals surface area contributed by atoms with Gasteiger partial charge in [0, 0.05) is 25.9 Å². The number of nitrogens with one attached hydrogen (secondary N) is 1. The number of likely N-dealkylation sites (tertiary alicyclic amines) is 1. The summed E-state index contributed by atoms with van der Waals surface area (Å²) in [6.07, 6.45) is 6.20. The van der Waals surface area contributed by atoms with Gasteiger partial charge in [0.1, 0.15) is 0 Å². The quantitative estimate of drug-likeness (QED) is 0.902. The molecule has 0 unspecified atom stereocenters. The SMILES string of the molecule is CCC1(CO)CCN(C(=O)Nc2cnn(C(C)(C)C)c2)CC1. The molecule has 1 aliphatic heterocycles. The van der Waals surface area contributed by atoms with Crippen LogP contribution in [0, 0.1) is 5.41 Å². The van der Waals surface area contributed by atoms with Crippen LogP contribution in [0.15, 0.2) is 12.4 Å². The van der Waals surface area contributed by atoms with Crippen molar-refractivity contribution in [2.24, 2.45) is 5.41 Å². The average Bonchev–Trinajstić information content (AvgIpc) is 2.96. The van der Waals surface area contributed by atoms with Crippen LogP contribution in [0.5, 0.6) is 0 Å². The Labute approximate surface area is 132 Å². The van der Waals surface area contributed by atoms with Crippen molar-refractivity contribution < 1.29 is 9.90 Å². The Balaban J connectivity index is 1.92. The molecular weight excluding hydrogens is 280 g/mol. The van der Waals surface area contributed by atoms with Crippen molar-refractivity contribution >= 4 is 11.7 Å². The summed E-state index contributed by atoms with van der Waals surface area (Å²) in [4.78, 5) is 14.1. The number of nitrogens with zero attached hydrogens (tertiary/aromatic N) is 3. The van der Waals surface area contributed by atoms with Crippen molar-refractivity contribution in [1.29, 1.82) is 0 Å². The molecule has 2 N–H and O–H groups in total. The number of hydrogen-bond donors (Lipinski definition) is 2. The zero-order chi connectivity index (χ0) is 16.4. The van der Waals surface area contributed by atoms with E-state index in [2.05, 4.69) is 38.1 Å². The fraction of sp³-hybridized carbons (Fsp3) is 0.750. The lowest BCUT2D eigenvalue weighted by atomic mass is 9.77. The van der Waals surface area contributed by atoms with E-state index in [-0.39, 0.29) is 23.6 Å². The van der Waals surface area contributed by atoms with Crippen LogP contribution in [0.4, 0.5) is 10.5 Å². The van der Waals surface area contributed by atoms with Gasteiger partial charge >= 0.3 is 6.03 Å². The Morgan fingerprint density at radius 2 is 2.05 bits per heavy atom. The lowest BCUT2D eigenvalue weighted by Crippen LogP contribution is -2.46. The van der Waals surface area contributed by atoms with Gasteiger partial charge in [-0.3, -0.25) is 4.68 Å². The third kappa shape index (κ3) is 3.61. The summed E-state index contributed by atoms with van der Waals surface area (Å²) in [5.41, 5.74) is 0.610. The maximum Gasteiger partial charge on any atom is 0.321 e. The molecule has 1 aromatic heterocycles. The van der Waals surface area contributed by atoms with Gasteiger partial charge in [0.25, 0.3) is 0 Å². The van der Waals surface area contributed by atoms with Crippen molar-refractivity contribution in [1.82, 2.24) is 14.7 Å². The van der Waals surface area contributed by atoms with Crippen LogP contribution in [0.2, 0.25) is 0 Å². The predicted octanol–water partition coefficient (Wildman–Crippen LogP) is 2.65. The molecule has 0 spiro atoms. The van der Waals surface area contributed by atoms with E-state index in [0.717, 1.165) is 24.9 Å². The number of carbonyl (C=O) groups excluding carboxylic acids is 1. The number of anilines is 1. The standard InChI is InChI=1S/C16H28N4O2/c1-5-16(12-21)6-8-19(9-7-16)14(22)18-13-10-17-20(11-13)15(2,3)4/h10-11,21H,5-9,12H2,1-4H3,(H,18,22). The van der Waals surface area contributed by atoms with Crippen LogP contribution in [-0.4, -0.2) is 45.5 Å². The van der Waals surface area contributed by atoms with Crippen molar-refractivity contribution in [3.63, 3.8) is 0 Å². The number of aliphatic hydroxyl groups is 1. The first-order valence-corrected chi connectivity index (χ1v) is 8.02. The summed E-state index contributed by atoms with van der Waals surface area (Å²) < 4.78 is 1.84. The van der Waals surface area contributed by atoms with E-state index in [9.17, 15) is 9.90 Å². The molecule has 2 amide bonds. The zero-order valence-electron chi connectivity index (χ0n) is 14.1. The minimum absolute atomic E-state index is 0.00605. The van der Waals surface area contributed by atoms with Gasteiger partial charge in [0.05, 0.1) is 17.4 Å². The number of aliphatic hydroxyl groups excluding tert-OH is 1. The number of piperidine rings is 1. The molecule has 2 rings (SSSR count). The van der Waals surface area contributed by atoms with Crippen LogP contribution in [0.3, 0.4) is 0 Å². The highest BCUT2D eigenvalue weighted by Gasteiger charge is 2.34. The Morgan fingerprint density at radius 1 is 1.41 bits per heavy atom. The number of rotatable bonds is 3. The van der Waals surface area contributed by atoms with Gasteiger partial charge < -0.3 is 15.3 Å². The Bertz CT molecular complexity index is 504. The second kappa shape index (κ2) is 6.28. The van der Waals surface area contributed by atoms with E-state index < -0.39 is 0 Å². The highest BCUT2D eigenvalue weighted by molar-refractivity contribution is 5.89. The molecule has 1 fully saturated rings. The summed E-state index contributed by atoms with van der Waals surface area (Å²) >= 11 is 0. The van der Waals surface area contributed by atoms with E-state index in [1.54, 1.807) is 6.20 Å². The van der Waals surface area contributed by atoms with E-state index in [4.69, 9.17) is 0 Å². The molecule has 1 saturated heterocycles. The Hall–Kier alpha value is -1.56. The molecule has 0 aromatic carbocycles. The Kier molecular flexibility index (Phi) is 4.80. The molecule has 0 aliphatic carbocycles. The zero-order valence-corrected chi connectivity index (χ0v) is 14.1. The normalized spacial score (nSPS) is 18.3. The number of aromatic nitrogens is 2. The lowest BCUT2D eigenvalue weighted by molar-refractivity contribution is 0.0542. The molecule has 124 valence electrons. The molecule has 2 heterocycles. The van der Waals surface area contributed by atoms with E-state index in [1.165, 1.54) is 0 Å². The van der Waals surface area contributed by atoms with Crippen LogP contribution >= 0.6 is 0 Å². The second-order valence-corrected chi connectivity index (χ2v) is 7.27. The number of carbonyl (C=O) groups is 1. The van der Waals surface area contributed by atoms with Gasteiger partial charge in [-0.2, -0.15) is 5.10 Å². The summed E-state index contributed by atoms with van der Waals surface area (Å²) in [6.45, 7) is 9.88. The van der Waals surface area contributed by atoms with Crippen molar-refractivity contribution in [2.75, 3.05) is 25.0 Å². The largest absolute Gasteiger partial charge is 0.396 e. The molecular formula is C16H28N4O2. The third-order valence-corrected chi connectivity index (χ3v) is 4.72. The maximum atomic E-state index is 12.3. The fourth-order valence-electron chi connectivity index (χ4n) is 2.76. The van der Waals surface area contributed by atoms with E-state index in [0.29, 0.717) is 13.1 Å². The van der Waals surface area contributed by atoms with Gasteiger partial charge in [0.15, 0.2) is 0 Å². The fourth-order valence-corrected chi connectivity index (χ4v) is 2.76. The van der Waals surface area contributed by atoms with Gasteiger partial charge in [-0.05, 0) is 45.4 Å². The van der Waals surface area contributed by atoms with Gasteiger partial charge in [-0.15, -0.1) is 0 Å². The van der Waals surface area contributed by atoms with Crippen molar-refractivity contribution in [2.45, 2.75) is 52.5 Å². The van der Waals surface area contributed by atoms with Crippen LogP contribution in [0.25, 0.3) is 0 Å². The molecule has 0 radical (unpaired) electrons. The maximum absolute atomic E-state index is 12.3. The summed E-state index contributed by atoms with van der Waals surface area (Å²) in [5, 5.41) is 16.7. The first kappa shape index (κ1) is 16.8. The van der Waals surface area contributed by atoms with Crippen LogP contribution < -0.4 is 5.32 Å². The molecule has 0 saturated carbocycles. The number of amides is 2. The first-order chi connectivity index (χ1) is 10.3. The average molecular weight is 308 g/mol. The predicted molar refractivity (Wildman–Crippen MR) is 86.9 cm³/mol. The monoisotopic (exact) mass is 308 g/mol. The van der Waals surface area contributed by atoms with Crippen molar-refractivity contribution in [3.8, 4) is 0 Å². The van der Waals surface area contributed by atoms with E-state index in [1.807, 2.05) is 15.8 Å². The summed E-state index contributed by atoms with van der Waals surface area (Å²) in [5.74, 6) is 0. The van der Waals surface area contributed by atoms with Crippen molar-refractivity contribution in [3.05, 3.63) is 12.4 Å². The summed E-state index contributed by atoms with van der Waals surface area (Å²) in [6, 6.07) is -0.0869. The third-order valence-electron chi connectivity index (χ3n) is 4.72. The van der Waals surface area contributed by atoms with Gasteiger partial charge in [-0.25, -0.2) is 4.79 Å². The topological polar surface area (TPSA) is 70.4 Å². The first-order valence-electron chi connectivity index (χ1n) is 8.02. The molecule has 22 heavy (non-hydrogen) atoms. The Morgan fingerprint density at radius 3 is 2.50 bits per heavy atom. The molecule has 6 heteroatoms. The van der Waals surface area contributed by atoms with Crippen LogP contribution in [0.1, 0.15) is 47.0 Å². The van der Waals surface area contributed by atoms with Gasteiger partial charge in [0.2, 0.25) is 0 Å².